The summed E-state index contributed by atoms with van der Waals surface area (Å²) in [5.41, 5.74) is 0.642. The number of nitriles is 1. The van der Waals surface area contributed by atoms with Crippen molar-refractivity contribution in [3.05, 3.63) is 30.0 Å². The monoisotopic (exact) mass is 499 g/mol. The van der Waals surface area contributed by atoms with Crippen molar-refractivity contribution >= 4 is 28.6 Å². The van der Waals surface area contributed by atoms with Gasteiger partial charge in [0.2, 0.25) is 11.8 Å². The van der Waals surface area contributed by atoms with Crippen molar-refractivity contribution in [1.29, 1.82) is 5.26 Å². The van der Waals surface area contributed by atoms with E-state index >= 15 is 0 Å². The van der Waals surface area contributed by atoms with Crippen LogP contribution >= 0.6 is 0 Å². The molecular formula is C25H27F2N5O4. The van der Waals surface area contributed by atoms with Crippen molar-refractivity contribution < 1.29 is 27.9 Å². The van der Waals surface area contributed by atoms with Crippen LogP contribution in [0.3, 0.4) is 0 Å². The number of hydrogen-bond acceptors (Lipinski definition) is 5. The number of hydrogen-bond donors (Lipinski definition) is 3. The second kappa shape index (κ2) is 9.76. The van der Waals surface area contributed by atoms with Gasteiger partial charge in [-0.1, -0.05) is 12.5 Å². The molecule has 11 heteroatoms. The molecule has 3 fully saturated rings. The minimum absolute atomic E-state index is 0.0230. The first kappa shape index (κ1) is 24.0. The average molecular weight is 500 g/mol. The molecular weight excluding hydrogens is 472 g/mol. The number of fused-ring (bicyclic) bond motifs is 2. The summed E-state index contributed by atoms with van der Waals surface area (Å²) < 4.78 is 30.2. The molecule has 2 aromatic rings. The van der Waals surface area contributed by atoms with E-state index < -0.39 is 30.5 Å². The van der Waals surface area contributed by atoms with Crippen LogP contribution in [0, 0.1) is 29.1 Å². The summed E-state index contributed by atoms with van der Waals surface area (Å²) in [6.07, 6.45) is 3.50. The Hall–Kier alpha value is -3.68. The first-order valence-electron chi connectivity index (χ1n) is 12.2. The summed E-state index contributed by atoms with van der Waals surface area (Å²) in [6.45, 7) is -2.04. The molecule has 2 aliphatic heterocycles. The summed E-state index contributed by atoms with van der Waals surface area (Å²) >= 11 is 0. The van der Waals surface area contributed by atoms with E-state index in [2.05, 4.69) is 26.4 Å². The number of nitrogens with zero attached hydrogens (tertiary/aromatic N) is 2. The molecule has 2 saturated heterocycles. The van der Waals surface area contributed by atoms with Crippen molar-refractivity contribution in [2.75, 3.05) is 13.1 Å². The number of benzene rings is 1. The molecule has 0 bridgehead atoms. The Morgan fingerprint density at radius 3 is 2.83 bits per heavy atom. The SMILES string of the molecule is N#C[C@H](C[C@@H]1CCNC1=O)NC(=O)C1C2CCCC2CN1C(=O)c1cc2c(OC(F)F)cccc2[nH]1. The van der Waals surface area contributed by atoms with Gasteiger partial charge in [0.25, 0.3) is 5.91 Å². The Bertz CT molecular complexity index is 1220. The molecule has 0 spiro atoms. The summed E-state index contributed by atoms with van der Waals surface area (Å²) in [4.78, 5) is 43.4. The van der Waals surface area contributed by atoms with Crippen molar-refractivity contribution in [2.24, 2.45) is 17.8 Å². The minimum Gasteiger partial charge on any atom is -0.434 e. The molecule has 1 aromatic carbocycles. The number of aromatic amines is 1. The lowest BCUT2D eigenvalue weighted by Crippen LogP contribution is -2.51. The number of carbonyl (C=O) groups is 3. The molecule has 5 rings (SSSR count). The third-order valence-corrected chi connectivity index (χ3v) is 7.65. The lowest BCUT2D eigenvalue weighted by molar-refractivity contribution is -0.127. The first-order valence-corrected chi connectivity index (χ1v) is 12.2. The zero-order valence-electron chi connectivity index (χ0n) is 19.5. The van der Waals surface area contributed by atoms with Gasteiger partial charge in [0.15, 0.2) is 0 Å². The maximum absolute atomic E-state index is 13.6. The Kier molecular flexibility index (Phi) is 6.51. The molecule has 1 aromatic heterocycles. The number of ether oxygens (including phenoxy) is 1. The molecule has 1 saturated carbocycles. The fourth-order valence-corrected chi connectivity index (χ4v) is 6.00. The number of carbonyl (C=O) groups excluding carboxylic acids is 3. The molecule has 3 heterocycles. The van der Waals surface area contributed by atoms with Gasteiger partial charge in [0, 0.05) is 29.9 Å². The fourth-order valence-electron chi connectivity index (χ4n) is 6.00. The van der Waals surface area contributed by atoms with Crippen LogP contribution in [0.2, 0.25) is 0 Å². The number of alkyl halides is 2. The molecule has 5 atom stereocenters. The minimum atomic E-state index is -3.00. The van der Waals surface area contributed by atoms with Gasteiger partial charge in [-0.3, -0.25) is 14.4 Å². The predicted molar refractivity (Wildman–Crippen MR) is 124 cm³/mol. The molecule has 0 radical (unpaired) electrons. The normalized spacial score (nSPS) is 26.1. The Morgan fingerprint density at radius 2 is 2.11 bits per heavy atom. The third kappa shape index (κ3) is 4.47. The summed E-state index contributed by atoms with van der Waals surface area (Å²) in [5.74, 6) is -1.15. The Labute approximate surface area is 206 Å². The van der Waals surface area contributed by atoms with Crippen LogP contribution in [-0.2, 0) is 9.59 Å². The van der Waals surface area contributed by atoms with Crippen LogP contribution in [0.1, 0.15) is 42.6 Å². The molecule has 9 nitrogen and oxygen atoms in total. The lowest BCUT2D eigenvalue weighted by atomic mass is 9.92. The average Bonchev–Trinajstić information content (AvgIpc) is 3.61. The smallest absolute Gasteiger partial charge is 0.387 e. The van der Waals surface area contributed by atoms with E-state index in [1.807, 2.05) is 0 Å². The highest BCUT2D eigenvalue weighted by Crippen LogP contribution is 2.43. The first-order chi connectivity index (χ1) is 17.4. The van der Waals surface area contributed by atoms with Gasteiger partial charge in [-0.05, 0) is 55.7 Å². The van der Waals surface area contributed by atoms with Gasteiger partial charge < -0.3 is 25.3 Å². The van der Waals surface area contributed by atoms with Gasteiger partial charge in [-0.15, -0.1) is 0 Å². The topological polar surface area (TPSA) is 127 Å². The van der Waals surface area contributed by atoms with E-state index in [9.17, 15) is 28.4 Å². The number of nitrogens with one attached hydrogen (secondary N) is 3. The maximum atomic E-state index is 13.6. The molecule has 3 unspecified atom stereocenters. The largest absolute Gasteiger partial charge is 0.434 e. The van der Waals surface area contributed by atoms with Gasteiger partial charge >= 0.3 is 6.61 Å². The highest BCUT2D eigenvalue weighted by molar-refractivity contribution is 6.02. The molecule has 1 aliphatic carbocycles. The number of likely N-dealkylation sites (tertiary alicyclic amines) is 1. The van der Waals surface area contributed by atoms with E-state index in [1.54, 1.807) is 12.1 Å². The van der Waals surface area contributed by atoms with Crippen molar-refractivity contribution in [3.63, 3.8) is 0 Å². The van der Waals surface area contributed by atoms with Gasteiger partial charge in [0.1, 0.15) is 23.5 Å². The van der Waals surface area contributed by atoms with E-state index in [0.29, 0.717) is 30.4 Å². The summed E-state index contributed by atoms with van der Waals surface area (Å²) in [5, 5.41) is 15.5. The third-order valence-electron chi connectivity index (χ3n) is 7.65. The number of amides is 3. The number of halogens is 2. The van der Waals surface area contributed by atoms with Crippen LogP contribution in [0.4, 0.5) is 8.78 Å². The predicted octanol–water partition coefficient (Wildman–Crippen LogP) is 2.54. The van der Waals surface area contributed by atoms with Crippen molar-refractivity contribution in [3.8, 4) is 11.8 Å². The molecule has 3 amide bonds. The molecule has 36 heavy (non-hydrogen) atoms. The molecule has 3 aliphatic rings. The fraction of sp³-hybridized carbons (Fsp3) is 0.520. The zero-order valence-corrected chi connectivity index (χ0v) is 19.5. The maximum Gasteiger partial charge on any atom is 0.387 e. The zero-order chi connectivity index (χ0) is 25.4. The van der Waals surface area contributed by atoms with Crippen LogP contribution in [0.15, 0.2) is 24.3 Å². The van der Waals surface area contributed by atoms with Crippen LogP contribution in [-0.4, -0.2) is 59.4 Å². The van der Waals surface area contributed by atoms with Crippen molar-refractivity contribution in [1.82, 2.24) is 20.5 Å². The summed E-state index contributed by atoms with van der Waals surface area (Å²) in [7, 11) is 0. The molecule has 3 N–H and O–H groups in total. The van der Waals surface area contributed by atoms with E-state index in [4.69, 9.17) is 0 Å². The highest BCUT2D eigenvalue weighted by Gasteiger charge is 2.50. The van der Waals surface area contributed by atoms with E-state index in [1.165, 1.54) is 17.0 Å². The Balaban J connectivity index is 1.37. The van der Waals surface area contributed by atoms with Gasteiger partial charge in [0.05, 0.1) is 6.07 Å². The Morgan fingerprint density at radius 1 is 1.28 bits per heavy atom. The highest BCUT2D eigenvalue weighted by atomic mass is 19.3. The van der Waals surface area contributed by atoms with Crippen LogP contribution in [0.25, 0.3) is 10.9 Å². The summed E-state index contributed by atoms with van der Waals surface area (Å²) in [6, 6.07) is 6.57. The van der Waals surface area contributed by atoms with Crippen molar-refractivity contribution in [2.45, 2.75) is 50.8 Å². The quantitative estimate of drug-likeness (QED) is 0.540. The lowest BCUT2D eigenvalue weighted by Gasteiger charge is -2.28. The van der Waals surface area contributed by atoms with E-state index in [0.717, 1.165) is 19.3 Å². The van der Waals surface area contributed by atoms with Gasteiger partial charge in [-0.25, -0.2) is 0 Å². The number of H-pyrrole nitrogens is 1. The van der Waals surface area contributed by atoms with Crippen LogP contribution < -0.4 is 15.4 Å². The number of aromatic nitrogens is 1. The second-order valence-corrected chi connectivity index (χ2v) is 9.74. The molecule has 190 valence electrons. The van der Waals surface area contributed by atoms with Gasteiger partial charge in [-0.2, -0.15) is 14.0 Å². The standard InChI is InChI=1S/C25H27F2N5O4/c26-25(27)36-20-6-2-5-18-17(20)10-19(31-18)24(35)32-12-14-3-1-4-16(14)21(32)23(34)30-15(11-28)9-13-7-8-29-22(13)33/h2,5-6,10,13-16,21,25,31H,1,3-4,7-9,12H2,(H,29,33)(H,30,34)/t13-,14?,15-,16?,21?/m0/s1. The van der Waals surface area contributed by atoms with E-state index in [-0.39, 0.29) is 41.5 Å². The van der Waals surface area contributed by atoms with Crippen LogP contribution in [0.5, 0.6) is 5.75 Å². The second-order valence-electron chi connectivity index (χ2n) is 9.74. The number of rotatable bonds is 7.